The van der Waals surface area contributed by atoms with Crippen LogP contribution in [0.4, 0.5) is 5.69 Å². The molecule has 0 spiro atoms. The molecule has 1 saturated heterocycles. The lowest BCUT2D eigenvalue weighted by molar-refractivity contribution is -0.136. The molecule has 1 unspecified atom stereocenters. The standard InChI is InChI=1S/C28H25N3O4S2/c1-2-35-21-14-12-20(13-15-21)31-25(32)16-23(27(31)34)30(17-19-8-4-3-5-9-19)26(33)18-36-28-29-22-10-6-7-11-24(22)37-28/h3-15,23H,2,16-18H2,1H3. The minimum Gasteiger partial charge on any atom is -0.494 e. The number of thioether (sulfide) groups is 1. The molecule has 1 aliphatic rings. The van der Waals surface area contributed by atoms with Gasteiger partial charge in [0, 0.05) is 6.54 Å². The Labute approximate surface area is 223 Å². The highest BCUT2D eigenvalue weighted by Gasteiger charge is 2.44. The minimum absolute atomic E-state index is 0.0591. The van der Waals surface area contributed by atoms with Crippen molar-refractivity contribution in [2.45, 2.75) is 30.3 Å². The van der Waals surface area contributed by atoms with Crippen molar-refractivity contribution in [3.63, 3.8) is 0 Å². The topological polar surface area (TPSA) is 79.8 Å². The fraction of sp³-hybridized carbons (Fsp3) is 0.214. The normalized spacial score (nSPS) is 15.4. The number of hydrogen-bond donors (Lipinski definition) is 0. The molecule has 9 heteroatoms. The van der Waals surface area contributed by atoms with Crippen LogP contribution in [0, 0.1) is 0 Å². The summed E-state index contributed by atoms with van der Waals surface area (Å²) in [5, 5.41) is 0. The van der Waals surface area contributed by atoms with E-state index >= 15 is 0 Å². The van der Waals surface area contributed by atoms with Gasteiger partial charge < -0.3 is 9.64 Å². The van der Waals surface area contributed by atoms with Crippen LogP contribution in [0.1, 0.15) is 18.9 Å². The van der Waals surface area contributed by atoms with E-state index in [0.717, 1.165) is 20.1 Å². The average molecular weight is 532 g/mol. The van der Waals surface area contributed by atoms with Gasteiger partial charge >= 0.3 is 0 Å². The van der Waals surface area contributed by atoms with Crippen LogP contribution in [0.3, 0.4) is 0 Å². The van der Waals surface area contributed by atoms with Gasteiger partial charge in [0.05, 0.1) is 34.7 Å². The Morgan fingerprint density at radius 2 is 1.78 bits per heavy atom. The molecule has 0 aliphatic carbocycles. The van der Waals surface area contributed by atoms with Gasteiger partial charge in [-0.05, 0) is 48.9 Å². The fourth-order valence-corrected chi connectivity index (χ4v) is 6.21. The number of para-hydroxylation sites is 1. The first-order valence-corrected chi connectivity index (χ1v) is 13.7. The van der Waals surface area contributed by atoms with E-state index in [-0.39, 0.29) is 30.5 Å². The lowest BCUT2D eigenvalue weighted by atomic mass is 10.1. The summed E-state index contributed by atoms with van der Waals surface area (Å²) in [4.78, 5) is 47.3. The van der Waals surface area contributed by atoms with Crippen molar-refractivity contribution in [1.82, 2.24) is 9.88 Å². The van der Waals surface area contributed by atoms with Crippen molar-refractivity contribution in [3.8, 4) is 5.75 Å². The van der Waals surface area contributed by atoms with E-state index < -0.39 is 11.9 Å². The summed E-state index contributed by atoms with van der Waals surface area (Å²) in [7, 11) is 0. The van der Waals surface area contributed by atoms with Crippen molar-refractivity contribution in [2.24, 2.45) is 0 Å². The second-order valence-electron chi connectivity index (χ2n) is 8.46. The lowest BCUT2D eigenvalue weighted by Crippen LogP contribution is -2.45. The number of aromatic nitrogens is 1. The van der Waals surface area contributed by atoms with Crippen molar-refractivity contribution in [3.05, 3.63) is 84.4 Å². The van der Waals surface area contributed by atoms with E-state index in [2.05, 4.69) is 4.98 Å². The van der Waals surface area contributed by atoms with Crippen molar-refractivity contribution in [1.29, 1.82) is 0 Å². The average Bonchev–Trinajstić information content (AvgIpc) is 3.47. The van der Waals surface area contributed by atoms with Crippen LogP contribution >= 0.6 is 23.1 Å². The molecule has 0 saturated carbocycles. The van der Waals surface area contributed by atoms with E-state index in [0.29, 0.717) is 18.0 Å². The number of hydrogen-bond acceptors (Lipinski definition) is 7. The first-order valence-electron chi connectivity index (χ1n) is 11.9. The highest BCUT2D eigenvalue weighted by molar-refractivity contribution is 8.01. The van der Waals surface area contributed by atoms with Gasteiger partial charge in [0.1, 0.15) is 11.8 Å². The Morgan fingerprint density at radius 1 is 1.05 bits per heavy atom. The minimum atomic E-state index is -0.872. The van der Waals surface area contributed by atoms with Crippen LogP contribution in [0.15, 0.2) is 83.2 Å². The molecule has 0 bridgehead atoms. The number of imide groups is 1. The number of ether oxygens (including phenoxy) is 1. The highest BCUT2D eigenvalue weighted by Crippen LogP contribution is 2.31. The first-order chi connectivity index (χ1) is 18.0. The molecule has 1 fully saturated rings. The summed E-state index contributed by atoms with van der Waals surface area (Å²) in [6, 6.07) is 23.3. The van der Waals surface area contributed by atoms with Crippen LogP contribution in [0.5, 0.6) is 5.75 Å². The molecule has 7 nitrogen and oxygen atoms in total. The van der Waals surface area contributed by atoms with Crippen molar-refractivity contribution in [2.75, 3.05) is 17.3 Å². The van der Waals surface area contributed by atoms with E-state index in [1.54, 1.807) is 24.3 Å². The quantitative estimate of drug-likeness (QED) is 0.220. The van der Waals surface area contributed by atoms with Crippen LogP contribution in [0.2, 0.25) is 0 Å². The van der Waals surface area contributed by atoms with E-state index in [4.69, 9.17) is 4.74 Å². The van der Waals surface area contributed by atoms with Crippen molar-refractivity contribution < 1.29 is 19.1 Å². The van der Waals surface area contributed by atoms with Crippen LogP contribution < -0.4 is 9.64 Å². The number of benzene rings is 3. The third-order valence-corrected chi connectivity index (χ3v) is 8.18. The highest BCUT2D eigenvalue weighted by atomic mass is 32.2. The van der Waals surface area contributed by atoms with Gasteiger partial charge in [-0.15, -0.1) is 11.3 Å². The maximum Gasteiger partial charge on any atom is 0.257 e. The Hall–Kier alpha value is -3.69. The summed E-state index contributed by atoms with van der Waals surface area (Å²) in [5.74, 6) is -0.164. The first kappa shape index (κ1) is 25.0. The zero-order valence-electron chi connectivity index (χ0n) is 20.2. The third kappa shape index (κ3) is 5.52. The molecule has 5 rings (SSSR count). The number of rotatable bonds is 9. The molecule has 37 heavy (non-hydrogen) atoms. The Bertz CT molecular complexity index is 1390. The molecule has 1 aromatic heterocycles. The van der Waals surface area contributed by atoms with Gasteiger partial charge in [-0.3, -0.25) is 14.4 Å². The van der Waals surface area contributed by atoms with E-state index in [1.807, 2.05) is 61.5 Å². The SMILES string of the molecule is CCOc1ccc(N2C(=O)CC(N(Cc3ccccc3)C(=O)CSc3nc4ccccc4s3)C2=O)cc1. The third-order valence-electron chi connectivity index (χ3n) is 6.01. The predicted molar refractivity (Wildman–Crippen MR) is 146 cm³/mol. The Balaban J connectivity index is 1.36. The van der Waals surface area contributed by atoms with Crippen LogP contribution in [-0.4, -0.2) is 46.0 Å². The van der Waals surface area contributed by atoms with Crippen LogP contribution in [0.25, 0.3) is 10.2 Å². The number of nitrogens with zero attached hydrogens (tertiary/aromatic N) is 3. The van der Waals surface area contributed by atoms with E-state index in [1.165, 1.54) is 32.9 Å². The summed E-state index contributed by atoms with van der Waals surface area (Å²) in [6.45, 7) is 2.65. The number of amides is 3. The monoisotopic (exact) mass is 531 g/mol. The van der Waals surface area contributed by atoms with Gasteiger partial charge in [0.2, 0.25) is 11.8 Å². The molecule has 4 aromatic rings. The number of thiazole rings is 1. The number of fused-ring (bicyclic) bond motifs is 1. The molecule has 0 radical (unpaired) electrons. The van der Waals surface area contributed by atoms with Gasteiger partial charge in [-0.2, -0.15) is 0 Å². The summed E-state index contributed by atoms with van der Waals surface area (Å²) in [5.41, 5.74) is 2.25. The smallest absolute Gasteiger partial charge is 0.257 e. The second kappa shape index (κ2) is 11.1. The van der Waals surface area contributed by atoms with Gasteiger partial charge in [-0.1, -0.05) is 54.2 Å². The number of anilines is 1. The van der Waals surface area contributed by atoms with Gasteiger partial charge in [0.15, 0.2) is 4.34 Å². The summed E-state index contributed by atoms with van der Waals surface area (Å²) >= 11 is 2.88. The van der Waals surface area contributed by atoms with Gasteiger partial charge in [0.25, 0.3) is 5.91 Å². The summed E-state index contributed by atoms with van der Waals surface area (Å²) in [6.07, 6.45) is -0.0591. The van der Waals surface area contributed by atoms with E-state index in [9.17, 15) is 14.4 Å². The number of carbonyl (C=O) groups excluding carboxylic acids is 3. The fourth-order valence-electron chi connectivity index (χ4n) is 4.26. The summed E-state index contributed by atoms with van der Waals surface area (Å²) < 4.78 is 7.32. The molecule has 1 atom stereocenters. The molecule has 0 N–H and O–H groups in total. The van der Waals surface area contributed by atoms with Crippen LogP contribution in [-0.2, 0) is 20.9 Å². The molecular weight excluding hydrogens is 506 g/mol. The van der Waals surface area contributed by atoms with Gasteiger partial charge in [-0.25, -0.2) is 9.88 Å². The largest absolute Gasteiger partial charge is 0.494 e. The molecule has 2 heterocycles. The molecule has 3 aromatic carbocycles. The molecule has 188 valence electrons. The Kier molecular flexibility index (Phi) is 7.52. The van der Waals surface area contributed by atoms with Crippen molar-refractivity contribution >= 4 is 56.7 Å². The maximum atomic E-state index is 13.5. The molecular formula is C28H25N3O4S2. The molecule has 1 aliphatic heterocycles. The lowest BCUT2D eigenvalue weighted by Gasteiger charge is -2.27. The Morgan fingerprint density at radius 3 is 2.51 bits per heavy atom. The zero-order chi connectivity index (χ0) is 25.8. The second-order valence-corrected chi connectivity index (χ2v) is 10.7. The number of carbonyl (C=O) groups is 3. The predicted octanol–water partition coefficient (Wildman–Crippen LogP) is 5.15. The maximum absolute atomic E-state index is 13.5. The zero-order valence-corrected chi connectivity index (χ0v) is 21.8. The molecule has 3 amide bonds.